The molecule has 3 rings (SSSR count). The van der Waals surface area contributed by atoms with E-state index in [0.717, 1.165) is 10.9 Å². The average molecular weight is 364 g/mol. The molecule has 1 amide bonds. The maximum atomic E-state index is 12.4. The fourth-order valence-electron chi connectivity index (χ4n) is 2.38. The number of ether oxygens (including phenoxy) is 1. The van der Waals surface area contributed by atoms with E-state index in [1.807, 2.05) is 12.1 Å². The van der Waals surface area contributed by atoms with E-state index < -0.39 is 0 Å². The van der Waals surface area contributed by atoms with Crippen LogP contribution in [0, 0.1) is 0 Å². The summed E-state index contributed by atoms with van der Waals surface area (Å²) in [5.74, 6) is 0.371. The zero-order valence-corrected chi connectivity index (χ0v) is 13.2. The Morgan fingerprint density at radius 1 is 1.45 bits per heavy atom. The van der Waals surface area contributed by atoms with Gasteiger partial charge in [-0.05, 0) is 34.1 Å². The average Bonchev–Trinajstić information content (AvgIpc) is 2.97. The molecule has 1 N–H and O–H groups in total. The van der Waals surface area contributed by atoms with Crippen molar-refractivity contribution in [1.82, 2.24) is 14.9 Å². The molecule has 2 aromatic heterocycles. The van der Waals surface area contributed by atoms with E-state index in [4.69, 9.17) is 4.74 Å². The van der Waals surface area contributed by atoms with Gasteiger partial charge in [0.25, 0.3) is 5.91 Å². The van der Waals surface area contributed by atoms with Crippen molar-refractivity contribution in [1.29, 1.82) is 0 Å². The van der Waals surface area contributed by atoms with E-state index in [2.05, 4.69) is 25.9 Å². The van der Waals surface area contributed by atoms with Crippen molar-refractivity contribution in [3.63, 3.8) is 0 Å². The van der Waals surface area contributed by atoms with Crippen molar-refractivity contribution < 1.29 is 9.53 Å². The molecule has 1 unspecified atom stereocenters. The van der Waals surface area contributed by atoms with Crippen LogP contribution >= 0.6 is 15.9 Å². The summed E-state index contributed by atoms with van der Waals surface area (Å²) in [5, 5.41) is 0. The van der Waals surface area contributed by atoms with E-state index >= 15 is 0 Å². The largest absolute Gasteiger partial charge is 0.472 e. The number of nitrogens with one attached hydrogen (secondary N) is 1. The Labute approximate surface area is 135 Å². The zero-order chi connectivity index (χ0) is 15.5. The number of aromatic amines is 1. The lowest BCUT2D eigenvalue weighted by atomic mass is 10.2. The highest BCUT2D eigenvalue weighted by atomic mass is 79.9. The molecule has 0 spiro atoms. The van der Waals surface area contributed by atoms with Crippen LogP contribution in [0.5, 0.6) is 5.88 Å². The van der Waals surface area contributed by atoms with E-state index in [1.165, 1.54) is 12.3 Å². The third-order valence-electron chi connectivity index (χ3n) is 3.46. The molecule has 0 radical (unpaired) electrons. The van der Waals surface area contributed by atoms with Gasteiger partial charge in [0.1, 0.15) is 6.10 Å². The van der Waals surface area contributed by atoms with Gasteiger partial charge in [-0.2, -0.15) is 0 Å². The lowest BCUT2D eigenvalue weighted by molar-refractivity contribution is 0.0770. The number of carbonyl (C=O) groups is 1. The highest BCUT2D eigenvalue weighted by molar-refractivity contribution is 9.10. The SMILES string of the molecule is O=C(c1cc[nH]c(=O)c1)N1CCC(Oc2ncccc2Br)C1. The quantitative estimate of drug-likeness (QED) is 0.902. The highest BCUT2D eigenvalue weighted by Crippen LogP contribution is 2.24. The number of hydrogen-bond donors (Lipinski definition) is 1. The third-order valence-corrected chi connectivity index (χ3v) is 4.06. The van der Waals surface area contributed by atoms with Crippen LogP contribution in [0.2, 0.25) is 0 Å². The molecular weight excluding hydrogens is 350 g/mol. The summed E-state index contributed by atoms with van der Waals surface area (Å²) >= 11 is 3.39. The van der Waals surface area contributed by atoms with Crippen LogP contribution in [0.3, 0.4) is 0 Å². The predicted molar refractivity (Wildman–Crippen MR) is 83.9 cm³/mol. The van der Waals surface area contributed by atoms with Crippen LogP contribution in [-0.2, 0) is 0 Å². The molecule has 0 aliphatic carbocycles. The first kappa shape index (κ1) is 14.8. The molecule has 1 aliphatic heterocycles. The van der Waals surface area contributed by atoms with Crippen molar-refractivity contribution in [3.8, 4) is 5.88 Å². The molecule has 0 aromatic carbocycles. The standard InChI is InChI=1S/C15H14BrN3O3/c16-12-2-1-5-18-14(12)22-11-4-7-19(9-11)15(21)10-3-6-17-13(20)8-10/h1-3,5-6,8,11H,4,7,9H2,(H,17,20). The number of likely N-dealkylation sites (tertiary alicyclic amines) is 1. The number of halogens is 1. The number of carbonyl (C=O) groups excluding carboxylic acids is 1. The zero-order valence-electron chi connectivity index (χ0n) is 11.7. The molecule has 22 heavy (non-hydrogen) atoms. The van der Waals surface area contributed by atoms with E-state index in [9.17, 15) is 9.59 Å². The first-order valence-corrected chi connectivity index (χ1v) is 7.68. The number of aromatic nitrogens is 2. The maximum Gasteiger partial charge on any atom is 0.254 e. The van der Waals surface area contributed by atoms with Gasteiger partial charge >= 0.3 is 0 Å². The summed E-state index contributed by atoms with van der Waals surface area (Å²) in [6.45, 7) is 1.08. The van der Waals surface area contributed by atoms with Crippen molar-refractivity contribution in [2.24, 2.45) is 0 Å². The summed E-state index contributed by atoms with van der Waals surface area (Å²) in [6, 6.07) is 6.59. The predicted octanol–water partition coefficient (Wildman–Crippen LogP) is 1.83. The summed E-state index contributed by atoms with van der Waals surface area (Å²) in [4.78, 5) is 32.0. The molecule has 1 aliphatic rings. The first-order valence-electron chi connectivity index (χ1n) is 6.88. The lowest BCUT2D eigenvalue weighted by Gasteiger charge is -2.17. The minimum Gasteiger partial charge on any atom is -0.472 e. The summed E-state index contributed by atoms with van der Waals surface area (Å²) in [7, 11) is 0. The van der Waals surface area contributed by atoms with Gasteiger partial charge in [-0.25, -0.2) is 4.98 Å². The van der Waals surface area contributed by atoms with Crippen LogP contribution in [0.1, 0.15) is 16.8 Å². The minimum absolute atomic E-state index is 0.0999. The number of H-pyrrole nitrogens is 1. The fourth-order valence-corrected chi connectivity index (χ4v) is 2.73. The molecule has 0 bridgehead atoms. The van der Waals surface area contributed by atoms with Crippen LogP contribution < -0.4 is 10.3 Å². The molecule has 114 valence electrons. The number of nitrogens with zero attached hydrogens (tertiary/aromatic N) is 2. The lowest BCUT2D eigenvalue weighted by Crippen LogP contribution is -2.31. The van der Waals surface area contributed by atoms with Crippen LogP contribution in [-0.4, -0.2) is 40.0 Å². The van der Waals surface area contributed by atoms with Gasteiger partial charge in [-0.15, -0.1) is 0 Å². The van der Waals surface area contributed by atoms with E-state index in [-0.39, 0.29) is 17.6 Å². The van der Waals surface area contributed by atoms with Crippen molar-refractivity contribution in [2.45, 2.75) is 12.5 Å². The topological polar surface area (TPSA) is 75.3 Å². The van der Waals surface area contributed by atoms with Crippen LogP contribution in [0.25, 0.3) is 0 Å². The fraction of sp³-hybridized carbons (Fsp3) is 0.267. The summed E-state index contributed by atoms with van der Waals surface area (Å²) in [6.07, 6.45) is 3.77. The number of hydrogen-bond acceptors (Lipinski definition) is 4. The Hall–Kier alpha value is -2.15. The minimum atomic E-state index is -0.282. The molecule has 7 heteroatoms. The molecule has 6 nitrogen and oxygen atoms in total. The van der Waals surface area contributed by atoms with Gasteiger partial charge in [-0.3, -0.25) is 9.59 Å². The number of amides is 1. The maximum absolute atomic E-state index is 12.4. The Bertz CT molecular complexity index is 747. The van der Waals surface area contributed by atoms with E-state index in [1.54, 1.807) is 17.2 Å². The molecule has 1 atom stereocenters. The normalized spacial score (nSPS) is 17.5. The molecular formula is C15H14BrN3O3. The van der Waals surface area contributed by atoms with Crippen molar-refractivity contribution in [3.05, 3.63) is 57.0 Å². The summed E-state index contributed by atoms with van der Waals surface area (Å²) in [5.41, 5.74) is 0.110. The van der Waals surface area contributed by atoms with Crippen LogP contribution in [0.4, 0.5) is 0 Å². The molecule has 3 heterocycles. The van der Waals surface area contributed by atoms with Gasteiger partial charge in [0, 0.05) is 37.0 Å². The van der Waals surface area contributed by atoms with Crippen molar-refractivity contribution in [2.75, 3.05) is 13.1 Å². The highest BCUT2D eigenvalue weighted by Gasteiger charge is 2.29. The van der Waals surface area contributed by atoms with E-state index in [0.29, 0.717) is 24.5 Å². The first-order chi connectivity index (χ1) is 10.6. The monoisotopic (exact) mass is 363 g/mol. The van der Waals surface area contributed by atoms with Gasteiger partial charge < -0.3 is 14.6 Å². The second-order valence-corrected chi connectivity index (χ2v) is 5.87. The van der Waals surface area contributed by atoms with Crippen molar-refractivity contribution >= 4 is 21.8 Å². The second-order valence-electron chi connectivity index (χ2n) is 5.01. The van der Waals surface area contributed by atoms with Gasteiger partial charge in [0.05, 0.1) is 11.0 Å². The van der Waals surface area contributed by atoms with Gasteiger partial charge in [-0.1, -0.05) is 0 Å². The third kappa shape index (κ3) is 3.19. The Morgan fingerprint density at radius 2 is 2.32 bits per heavy atom. The molecule has 1 saturated heterocycles. The summed E-state index contributed by atoms with van der Waals surface area (Å²) < 4.78 is 6.61. The molecule has 2 aromatic rings. The Balaban J connectivity index is 1.66. The number of rotatable bonds is 3. The van der Waals surface area contributed by atoms with Gasteiger partial charge in [0.2, 0.25) is 11.4 Å². The van der Waals surface area contributed by atoms with Crippen LogP contribution in [0.15, 0.2) is 45.9 Å². The molecule has 1 fully saturated rings. The Kier molecular flexibility index (Phi) is 4.24. The second kappa shape index (κ2) is 6.31. The smallest absolute Gasteiger partial charge is 0.254 e. The Morgan fingerprint density at radius 3 is 3.09 bits per heavy atom. The molecule has 0 saturated carbocycles. The number of pyridine rings is 2. The van der Waals surface area contributed by atoms with Gasteiger partial charge in [0.15, 0.2) is 0 Å².